The van der Waals surface area contributed by atoms with Crippen LogP contribution in [0.1, 0.15) is 64.7 Å². The van der Waals surface area contributed by atoms with E-state index in [0.717, 1.165) is 44.4 Å². The maximum absolute atomic E-state index is 12.3. The van der Waals surface area contributed by atoms with Gasteiger partial charge in [0.25, 0.3) is 0 Å². The topological polar surface area (TPSA) is 55.1 Å². The molecule has 0 heterocycles. The van der Waals surface area contributed by atoms with Crippen LogP contribution in [0.4, 0.5) is 0 Å². The van der Waals surface area contributed by atoms with Crippen molar-refractivity contribution in [2.45, 2.75) is 76.3 Å². The molecule has 2 saturated carbocycles. The van der Waals surface area contributed by atoms with Gasteiger partial charge in [0.2, 0.25) is 5.91 Å². The van der Waals surface area contributed by atoms with Crippen LogP contribution in [-0.2, 0) is 4.79 Å². The highest BCUT2D eigenvalue weighted by Crippen LogP contribution is 2.34. The first kappa shape index (κ1) is 12.9. The van der Waals surface area contributed by atoms with Crippen molar-refractivity contribution in [2.24, 2.45) is 11.7 Å². The summed E-state index contributed by atoms with van der Waals surface area (Å²) in [6.07, 6.45) is 10.0. The predicted molar refractivity (Wildman–Crippen MR) is 69.6 cm³/mol. The zero-order valence-electron chi connectivity index (χ0n) is 11.0. The fourth-order valence-corrected chi connectivity index (χ4v) is 2.82. The first-order valence-electron chi connectivity index (χ1n) is 7.24. The molecule has 2 fully saturated rings. The van der Waals surface area contributed by atoms with Gasteiger partial charge in [-0.1, -0.05) is 39.0 Å². The van der Waals surface area contributed by atoms with Crippen molar-refractivity contribution >= 4 is 5.91 Å². The third-order valence-corrected chi connectivity index (χ3v) is 4.34. The van der Waals surface area contributed by atoms with Crippen LogP contribution in [0.15, 0.2) is 0 Å². The lowest BCUT2D eigenvalue weighted by Crippen LogP contribution is -2.57. The maximum atomic E-state index is 12.3. The summed E-state index contributed by atoms with van der Waals surface area (Å²) in [4.78, 5) is 12.3. The molecule has 1 atom stereocenters. The van der Waals surface area contributed by atoms with Crippen LogP contribution in [0.5, 0.6) is 0 Å². The Balaban J connectivity index is 1.84. The molecule has 1 amide bonds. The van der Waals surface area contributed by atoms with Crippen molar-refractivity contribution in [3.63, 3.8) is 0 Å². The van der Waals surface area contributed by atoms with Crippen molar-refractivity contribution in [3.8, 4) is 0 Å². The molecular formula is C14H26N2O. The van der Waals surface area contributed by atoms with Gasteiger partial charge in [-0.15, -0.1) is 0 Å². The van der Waals surface area contributed by atoms with E-state index in [1.807, 2.05) is 0 Å². The normalized spacial score (nSPS) is 25.3. The Kier molecular flexibility index (Phi) is 4.08. The Morgan fingerprint density at radius 3 is 2.53 bits per heavy atom. The minimum absolute atomic E-state index is 0.102. The molecule has 1 unspecified atom stereocenters. The second-order valence-corrected chi connectivity index (χ2v) is 5.97. The molecule has 0 aromatic carbocycles. The number of hydrogen-bond donors (Lipinski definition) is 2. The first-order valence-corrected chi connectivity index (χ1v) is 7.24. The van der Waals surface area contributed by atoms with Crippen LogP contribution < -0.4 is 11.1 Å². The minimum Gasteiger partial charge on any atom is -0.352 e. The van der Waals surface area contributed by atoms with Gasteiger partial charge in [-0.25, -0.2) is 0 Å². The second-order valence-electron chi connectivity index (χ2n) is 5.97. The van der Waals surface area contributed by atoms with Gasteiger partial charge in [0.05, 0.1) is 5.54 Å². The van der Waals surface area contributed by atoms with Crippen molar-refractivity contribution < 1.29 is 4.79 Å². The van der Waals surface area contributed by atoms with E-state index in [1.165, 1.54) is 19.3 Å². The van der Waals surface area contributed by atoms with Crippen LogP contribution in [0, 0.1) is 5.92 Å². The van der Waals surface area contributed by atoms with Crippen LogP contribution >= 0.6 is 0 Å². The molecule has 0 aromatic heterocycles. The van der Waals surface area contributed by atoms with Gasteiger partial charge < -0.3 is 11.1 Å². The van der Waals surface area contributed by atoms with E-state index in [1.54, 1.807) is 0 Å². The average molecular weight is 238 g/mol. The number of carbonyl (C=O) groups is 1. The predicted octanol–water partition coefficient (Wildman–Crippen LogP) is 2.34. The largest absolute Gasteiger partial charge is 0.352 e. The minimum atomic E-state index is -0.574. The van der Waals surface area contributed by atoms with Crippen LogP contribution in [0.25, 0.3) is 0 Å². The quantitative estimate of drug-likeness (QED) is 0.772. The first-order chi connectivity index (χ1) is 8.14. The van der Waals surface area contributed by atoms with E-state index in [4.69, 9.17) is 5.73 Å². The molecule has 2 rings (SSSR count). The van der Waals surface area contributed by atoms with E-state index in [-0.39, 0.29) is 5.91 Å². The molecule has 0 saturated heterocycles. The van der Waals surface area contributed by atoms with Gasteiger partial charge in [-0.2, -0.15) is 0 Å². The number of nitrogens with two attached hydrogens (primary N) is 1. The van der Waals surface area contributed by atoms with Crippen molar-refractivity contribution in [1.29, 1.82) is 0 Å². The summed E-state index contributed by atoms with van der Waals surface area (Å²) in [5.74, 6) is 0.963. The SMILES string of the molecule is CCC(CC1CC1)NC(=O)C1(N)CCCCC1. The number of amides is 1. The molecule has 0 radical (unpaired) electrons. The Labute approximate surface area is 105 Å². The summed E-state index contributed by atoms with van der Waals surface area (Å²) in [5.41, 5.74) is 5.67. The molecule has 3 nitrogen and oxygen atoms in total. The fourth-order valence-electron chi connectivity index (χ4n) is 2.82. The van der Waals surface area contributed by atoms with Crippen LogP contribution in [0.3, 0.4) is 0 Å². The Morgan fingerprint density at radius 2 is 2.00 bits per heavy atom. The highest BCUT2D eigenvalue weighted by Gasteiger charge is 2.36. The number of carbonyl (C=O) groups excluding carboxylic acids is 1. The molecule has 3 heteroatoms. The highest BCUT2D eigenvalue weighted by molar-refractivity contribution is 5.86. The molecule has 17 heavy (non-hydrogen) atoms. The molecule has 3 N–H and O–H groups in total. The number of nitrogens with one attached hydrogen (secondary N) is 1. The summed E-state index contributed by atoms with van der Waals surface area (Å²) in [5, 5.41) is 3.18. The molecule has 98 valence electrons. The van der Waals surface area contributed by atoms with Crippen molar-refractivity contribution in [2.75, 3.05) is 0 Å². The van der Waals surface area contributed by atoms with E-state index in [9.17, 15) is 4.79 Å². The second kappa shape index (κ2) is 5.38. The van der Waals surface area contributed by atoms with Gasteiger partial charge in [-0.05, 0) is 31.6 Å². The highest BCUT2D eigenvalue weighted by atomic mass is 16.2. The molecule has 0 aliphatic heterocycles. The van der Waals surface area contributed by atoms with E-state index < -0.39 is 5.54 Å². The smallest absolute Gasteiger partial charge is 0.240 e. The van der Waals surface area contributed by atoms with E-state index in [0.29, 0.717) is 6.04 Å². The van der Waals surface area contributed by atoms with Crippen molar-refractivity contribution in [1.82, 2.24) is 5.32 Å². The molecule has 0 aromatic rings. The Morgan fingerprint density at radius 1 is 1.35 bits per heavy atom. The summed E-state index contributed by atoms with van der Waals surface area (Å²) < 4.78 is 0. The van der Waals surface area contributed by atoms with Gasteiger partial charge >= 0.3 is 0 Å². The third kappa shape index (κ3) is 3.44. The zero-order chi connectivity index (χ0) is 12.3. The van der Waals surface area contributed by atoms with Crippen LogP contribution in [-0.4, -0.2) is 17.5 Å². The summed E-state index contributed by atoms with van der Waals surface area (Å²) >= 11 is 0. The fraction of sp³-hybridized carbons (Fsp3) is 0.929. The molecule has 2 aliphatic rings. The molecular weight excluding hydrogens is 212 g/mol. The summed E-state index contributed by atoms with van der Waals surface area (Å²) in [6.45, 7) is 2.15. The molecule has 0 bridgehead atoms. The standard InChI is InChI=1S/C14H26N2O/c1-2-12(10-11-6-7-11)16-13(17)14(15)8-4-3-5-9-14/h11-12H,2-10,15H2,1H3,(H,16,17). The molecule has 2 aliphatic carbocycles. The Bertz CT molecular complexity index is 267. The van der Waals surface area contributed by atoms with Gasteiger partial charge in [0.1, 0.15) is 0 Å². The monoisotopic (exact) mass is 238 g/mol. The molecule has 0 spiro atoms. The number of rotatable bonds is 5. The zero-order valence-corrected chi connectivity index (χ0v) is 11.0. The van der Waals surface area contributed by atoms with Gasteiger partial charge in [0.15, 0.2) is 0 Å². The summed E-state index contributed by atoms with van der Waals surface area (Å²) in [6, 6.07) is 0.345. The summed E-state index contributed by atoms with van der Waals surface area (Å²) in [7, 11) is 0. The lowest BCUT2D eigenvalue weighted by molar-refractivity contribution is -0.128. The van der Waals surface area contributed by atoms with Crippen LogP contribution in [0.2, 0.25) is 0 Å². The van der Waals surface area contributed by atoms with E-state index in [2.05, 4.69) is 12.2 Å². The Hall–Kier alpha value is -0.570. The number of hydrogen-bond acceptors (Lipinski definition) is 2. The van der Waals surface area contributed by atoms with Gasteiger partial charge in [-0.3, -0.25) is 4.79 Å². The lowest BCUT2D eigenvalue weighted by Gasteiger charge is -2.33. The van der Waals surface area contributed by atoms with E-state index >= 15 is 0 Å². The van der Waals surface area contributed by atoms with Gasteiger partial charge in [0, 0.05) is 6.04 Å². The lowest BCUT2D eigenvalue weighted by atomic mass is 9.81. The van der Waals surface area contributed by atoms with Crippen molar-refractivity contribution in [3.05, 3.63) is 0 Å². The maximum Gasteiger partial charge on any atom is 0.240 e. The third-order valence-electron chi connectivity index (χ3n) is 4.34. The average Bonchev–Trinajstić information content (AvgIpc) is 3.13.